The van der Waals surface area contributed by atoms with Gasteiger partial charge in [-0.05, 0) is 36.8 Å². The van der Waals surface area contributed by atoms with Crippen LogP contribution in [0.3, 0.4) is 0 Å². The van der Waals surface area contributed by atoms with Gasteiger partial charge in [-0.1, -0.05) is 28.9 Å². The van der Waals surface area contributed by atoms with Crippen molar-refractivity contribution >= 4 is 17.4 Å². The number of rotatable bonds is 3. The molecule has 0 aliphatic rings. The first-order chi connectivity index (χ1) is 9.52. The van der Waals surface area contributed by atoms with Gasteiger partial charge in [0.1, 0.15) is 0 Å². The lowest BCUT2D eigenvalue weighted by atomic mass is 10.2. The van der Waals surface area contributed by atoms with Crippen LogP contribution < -0.4 is 11.3 Å². The molecule has 0 saturated heterocycles. The smallest absolute Gasteiger partial charge is 0.262 e. The number of aromatic nitrogens is 1. The Balaban J connectivity index is 2.49. The van der Waals surface area contributed by atoms with Crippen LogP contribution in [0.15, 0.2) is 46.3 Å². The summed E-state index contributed by atoms with van der Waals surface area (Å²) in [6.45, 7) is 2.19. The molecule has 1 aromatic heterocycles. The topological polar surface area (TPSA) is 80.6 Å². The Morgan fingerprint density at radius 3 is 2.80 bits per heavy atom. The van der Waals surface area contributed by atoms with Gasteiger partial charge < -0.3 is 15.5 Å². The minimum atomic E-state index is -0.305. The molecule has 0 spiro atoms. The number of benzene rings is 1. The molecule has 3 N–H and O–H groups in total. The molecule has 0 amide bonds. The molecule has 1 heterocycles. The molecule has 20 heavy (non-hydrogen) atoms. The molecule has 0 radical (unpaired) electrons. The zero-order valence-corrected chi connectivity index (χ0v) is 11.6. The average Bonchev–Trinajstić information content (AvgIpc) is 2.43. The summed E-state index contributed by atoms with van der Waals surface area (Å²) in [6.07, 6.45) is 0. The van der Waals surface area contributed by atoms with Crippen molar-refractivity contribution in [3.63, 3.8) is 0 Å². The summed E-state index contributed by atoms with van der Waals surface area (Å²) >= 11 is 5.94. The molecular formula is C14H14ClN3O2. The monoisotopic (exact) mass is 291 g/mol. The van der Waals surface area contributed by atoms with E-state index in [4.69, 9.17) is 22.5 Å². The molecular weight excluding hydrogens is 278 g/mol. The van der Waals surface area contributed by atoms with E-state index in [1.807, 2.05) is 19.1 Å². The van der Waals surface area contributed by atoms with E-state index in [0.29, 0.717) is 11.6 Å². The van der Waals surface area contributed by atoms with Gasteiger partial charge in [-0.3, -0.25) is 4.79 Å². The predicted molar refractivity (Wildman–Crippen MR) is 78.5 cm³/mol. The standard InChI is InChI=1S/C14H14ClN3O2/c1-9-5-6-12(13(16)17-20)14(19)18(9)8-10-3-2-4-11(15)7-10/h2-7,20H,8H2,1H3,(H2,16,17). The Kier molecular flexibility index (Phi) is 4.10. The van der Waals surface area contributed by atoms with Gasteiger partial charge in [-0.15, -0.1) is 0 Å². The van der Waals surface area contributed by atoms with E-state index in [1.54, 1.807) is 28.8 Å². The normalized spacial score (nSPS) is 11.6. The summed E-state index contributed by atoms with van der Waals surface area (Å²) in [7, 11) is 0. The van der Waals surface area contributed by atoms with Crippen molar-refractivity contribution in [3.8, 4) is 0 Å². The number of nitrogens with two attached hydrogens (primary N) is 1. The second kappa shape index (κ2) is 5.79. The van der Waals surface area contributed by atoms with E-state index in [0.717, 1.165) is 11.3 Å². The predicted octanol–water partition coefficient (Wildman–Crippen LogP) is 1.95. The number of halogens is 1. The van der Waals surface area contributed by atoms with Gasteiger partial charge >= 0.3 is 0 Å². The summed E-state index contributed by atoms with van der Waals surface area (Å²) in [5.74, 6) is -0.199. The summed E-state index contributed by atoms with van der Waals surface area (Å²) < 4.78 is 1.55. The quantitative estimate of drug-likeness (QED) is 0.392. The van der Waals surface area contributed by atoms with E-state index in [9.17, 15) is 4.79 Å². The van der Waals surface area contributed by atoms with Gasteiger partial charge in [-0.25, -0.2) is 0 Å². The molecule has 0 fully saturated rings. The number of pyridine rings is 1. The Bertz CT molecular complexity index is 723. The van der Waals surface area contributed by atoms with Gasteiger partial charge in [0, 0.05) is 10.7 Å². The second-order valence-electron chi connectivity index (χ2n) is 4.39. The number of aryl methyl sites for hydroxylation is 1. The lowest BCUT2D eigenvalue weighted by Gasteiger charge is -2.12. The van der Waals surface area contributed by atoms with Crippen LogP contribution in [-0.2, 0) is 6.54 Å². The summed E-state index contributed by atoms with van der Waals surface area (Å²) in [4.78, 5) is 12.3. The number of amidine groups is 1. The van der Waals surface area contributed by atoms with Crippen LogP contribution in [0.4, 0.5) is 0 Å². The zero-order valence-electron chi connectivity index (χ0n) is 10.9. The Labute approximate surface area is 120 Å². The molecule has 104 valence electrons. The largest absolute Gasteiger partial charge is 0.409 e. The second-order valence-corrected chi connectivity index (χ2v) is 4.83. The highest BCUT2D eigenvalue weighted by Crippen LogP contribution is 2.12. The highest BCUT2D eigenvalue weighted by atomic mass is 35.5. The number of oxime groups is 1. The first-order valence-corrected chi connectivity index (χ1v) is 6.33. The summed E-state index contributed by atoms with van der Waals surface area (Å²) in [6, 6.07) is 10.6. The Hall–Kier alpha value is -2.27. The fourth-order valence-corrected chi connectivity index (χ4v) is 2.15. The third-order valence-corrected chi connectivity index (χ3v) is 3.24. The third kappa shape index (κ3) is 2.83. The molecule has 0 saturated carbocycles. The number of hydrogen-bond donors (Lipinski definition) is 2. The van der Waals surface area contributed by atoms with Crippen LogP contribution in [0.1, 0.15) is 16.8 Å². The first kappa shape index (κ1) is 14.1. The van der Waals surface area contributed by atoms with Crippen molar-refractivity contribution < 1.29 is 5.21 Å². The van der Waals surface area contributed by atoms with Gasteiger partial charge in [-0.2, -0.15) is 0 Å². The van der Waals surface area contributed by atoms with E-state index in [2.05, 4.69) is 5.16 Å². The molecule has 0 bridgehead atoms. The van der Waals surface area contributed by atoms with Gasteiger partial charge in [0.25, 0.3) is 5.56 Å². The average molecular weight is 292 g/mol. The van der Waals surface area contributed by atoms with Gasteiger partial charge in [0.15, 0.2) is 5.84 Å². The zero-order chi connectivity index (χ0) is 14.7. The van der Waals surface area contributed by atoms with Crippen molar-refractivity contribution in [2.24, 2.45) is 10.9 Å². The first-order valence-electron chi connectivity index (χ1n) is 5.95. The lowest BCUT2D eigenvalue weighted by Crippen LogP contribution is -2.31. The summed E-state index contributed by atoms with van der Waals surface area (Å²) in [5, 5.41) is 12.2. The Morgan fingerprint density at radius 1 is 1.40 bits per heavy atom. The Morgan fingerprint density at radius 2 is 2.15 bits per heavy atom. The van der Waals surface area contributed by atoms with Crippen LogP contribution in [0, 0.1) is 6.92 Å². The molecule has 0 atom stereocenters. The van der Waals surface area contributed by atoms with Crippen molar-refractivity contribution in [3.05, 3.63) is 68.6 Å². The minimum absolute atomic E-state index is 0.167. The van der Waals surface area contributed by atoms with E-state index >= 15 is 0 Å². The number of hydrogen-bond acceptors (Lipinski definition) is 3. The molecule has 2 rings (SSSR count). The minimum Gasteiger partial charge on any atom is -0.409 e. The van der Waals surface area contributed by atoms with E-state index in [-0.39, 0.29) is 17.0 Å². The lowest BCUT2D eigenvalue weighted by molar-refractivity contribution is 0.318. The van der Waals surface area contributed by atoms with Crippen molar-refractivity contribution in [2.75, 3.05) is 0 Å². The maximum Gasteiger partial charge on any atom is 0.262 e. The van der Waals surface area contributed by atoms with Gasteiger partial charge in [0.05, 0.1) is 12.1 Å². The highest BCUT2D eigenvalue weighted by Gasteiger charge is 2.10. The SMILES string of the molecule is Cc1ccc(/C(N)=N/O)c(=O)n1Cc1cccc(Cl)c1. The summed E-state index contributed by atoms with van der Waals surface area (Å²) in [5.41, 5.74) is 7.04. The van der Waals surface area contributed by atoms with Crippen LogP contribution in [0.25, 0.3) is 0 Å². The maximum atomic E-state index is 12.3. The molecule has 2 aromatic rings. The van der Waals surface area contributed by atoms with Crippen molar-refractivity contribution in [2.45, 2.75) is 13.5 Å². The van der Waals surface area contributed by atoms with Crippen LogP contribution in [-0.4, -0.2) is 15.6 Å². The van der Waals surface area contributed by atoms with Crippen LogP contribution >= 0.6 is 11.6 Å². The van der Waals surface area contributed by atoms with E-state index < -0.39 is 0 Å². The van der Waals surface area contributed by atoms with Crippen LogP contribution in [0.2, 0.25) is 5.02 Å². The highest BCUT2D eigenvalue weighted by molar-refractivity contribution is 6.30. The van der Waals surface area contributed by atoms with Crippen molar-refractivity contribution in [1.29, 1.82) is 0 Å². The molecule has 1 aromatic carbocycles. The molecule has 6 heteroatoms. The maximum absolute atomic E-state index is 12.3. The third-order valence-electron chi connectivity index (χ3n) is 3.01. The molecule has 5 nitrogen and oxygen atoms in total. The molecule has 0 unspecified atom stereocenters. The number of nitrogens with zero attached hydrogens (tertiary/aromatic N) is 2. The van der Waals surface area contributed by atoms with Crippen molar-refractivity contribution in [1.82, 2.24) is 4.57 Å². The van der Waals surface area contributed by atoms with Crippen LogP contribution in [0.5, 0.6) is 0 Å². The molecule has 0 aliphatic heterocycles. The fourth-order valence-electron chi connectivity index (χ4n) is 1.93. The molecule has 0 aliphatic carbocycles. The van der Waals surface area contributed by atoms with E-state index in [1.165, 1.54) is 0 Å². The fraction of sp³-hybridized carbons (Fsp3) is 0.143. The van der Waals surface area contributed by atoms with Gasteiger partial charge in [0.2, 0.25) is 0 Å².